The highest BCUT2D eigenvalue weighted by Gasteiger charge is 2.30. The van der Waals surface area contributed by atoms with E-state index >= 15 is 0 Å². The van der Waals surface area contributed by atoms with Gasteiger partial charge in [-0.25, -0.2) is 4.79 Å². The van der Waals surface area contributed by atoms with E-state index in [-0.39, 0.29) is 11.3 Å². The van der Waals surface area contributed by atoms with Crippen LogP contribution in [0.5, 0.6) is 0 Å². The number of anilines is 1. The summed E-state index contributed by atoms with van der Waals surface area (Å²) in [6, 6.07) is 18.2. The summed E-state index contributed by atoms with van der Waals surface area (Å²) in [7, 11) is 0. The molecule has 0 aliphatic heterocycles. The quantitative estimate of drug-likeness (QED) is 0.592. The Hall–Kier alpha value is -3.73. The largest absolute Gasteiger partial charge is 0.478 e. The molecule has 0 saturated heterocycles. The SMILES string of the molecule is O=C(O)c1cccc(NC(=O)c2cccc3c2-c2ccccc2C3=O)c1. The molecular formula is C21H13NO4. The number of aromatic carboxylic acids is 1. The van der Waals surface area contributed by atoms with Gasteiger partial charge in [0, 0.05) is 27.9 Å². The summed E-state index contributed by atoms with van der Waals surface area (Å²) in [6.45, 7) is 0. The number of amides is 1. The Kier molecular flexibility index (Phi) is 3.62. The summed E-state index contributed by atoms with van der Waals surface area (Å²) in [4.78, 5) is 36.4. The molecule has 5 heteroatoms. The van der Waals surface area contributed by atoms with Crippen molar-refractivity contribution in [2.45, 2.75) is 0 Å². The fourth-order valence-corrected chi connectivity index (χ4v) is 3.19. The van der Waals surface area contributed by atoms with Gasteiger partial charge in [0.15, 0.2) is 5.78 Å². The highest BCUT2D eigenvalue weighted by atomic mass is 16.4. The van der Waals surface area contributed by atoms with Crippen molar-refractivity contribution in [1.29, 1.82) is 0 Å². The lowest BCUT2D eigenvalue weighted by molar-refractivity contribution is 0.0696. The molecule has 0 heterocycles. The standard InChI is InChI=1S/C21H13NO4/c23-19-15-8-2-1-7-14(15)18-16(19)9-4-10-17(18)20(24)22-13-6-3-5-12(11-13)21(25)26/h1-11H,(H,22,24)(H,25,26). The van der Waals surface area contributed by atoms with Gasteiger partial charge in [0.25, 0.3) is 5.91 Å². The lowest BCUT2D eigenvalue weighted by Crippen LogP contribution is -2.14. The second kappa shape index (κ2) is 5.97. The Labute approximate surface area is 148 Å². The van der Waals surface area contributed by atoms with Crippen molar-refractivity contribution in [3.8, 4) is 11.1 Å². The third kappa shape index (κ3) is 2.46. The van der Waals surface area contributed by atoms with Crippen LogP contribution in [0.25, 0.3) is 11.1 Å². The van der Waals surface area contributed by atoms with Gasteiger partial charge in [0.1, 0.15) is 0 Å². The minimum absolute atomic E-state index is 0.0848. The van der Waals surface area contributed by atoms with E-state index in [4.69, 9.17) is 5.11 Å². The summed E-state index contributed by atoms with van der Waals surface area (Å²) < 4.78 is 0. The zero-order valence-corrected chi connectivity index (χ0v) is 13.5. The molecule has 1 amide bonds. The highest BCUT2D eigenvalue weighted by Crippen LogP contribution is 2.38. The molecule has 0 unspecified atom stereocenters. The lowest BCUT2D eigenvalue weighted by Gasteiger charge is -2.10. The van der Waals surface area contributed by atoms with Crippen LogP contribution >= 0.6 is 0 Å². The maximum atomic E-state index is 12.8. The first-order chi connectivity index (χ1) is 12.6. The van der Waals surface area contributed by atoms with E-state index in [9.17, 15) is 14.4 Å². The number of hydrogen-bond donors (Lipinski definition) is 2. The Bertz CT molecular complexity index is 1080. The van der Waals surface area contributed by atoms with E-state index in [0.717, 1.165) is 5.56 Å². The molecule has 1 aliphatic carbocycles. The van der Waals surface area contributed by atoms with E-state index < -0.39 is 11.9 Å². The molecule has 0 radical (unpaired) electrons. The van der Waals surface area contributed by atoms with Crippen molar-refractivity contribution >= 4 is 23.3 Å². The number of benzene rings is 3. The van der Waals surface area contributed by atoms with Crippen LogP contribution in [0.1, 0.15) is 36.6 Å². The third-order valence-electron chi connectivity index (χ3n) is 4.36. The topological polar surface area (TPSA) is 83.5 Å². The second-order valence-electron chi connectivity index (χ2n) is 5.94. The van der Waals surface area contributed by atoms with E-state index in [0.29, 0.717) is 27.9 Å². The number of carbonyl (C=O) groups is 3. The van der Waals surface area contributed by atoms with Crippen LogP contribution in [0.4, 0.5) is 5.69 Å². The Balaban J connectivity index is 1.75. The molecular weight excluding hydrogens is 330 g/mol. The van der Waals surface area contributed by atoms with E-state index in [2.05, 4.69) is 5.32 Å². The summed E-state index contributed by atoms with van der Waals surface area (Å²) in [5.74, 6) is -1.56. The third-order valence-corrected chi connectivity index (χ3v) is 4.36. The number of ketones is 1. The van der Waals surface area contributed by atoms with Crippen molar-refractivity contribution in [2.75, 3.05) is 5.32 Å². The first kappa shape index (κ1) is 15.8. The maximum absolute atomic E-state index is 12.8. The van der Waals surface area contributed by atoms with Crippen LogP contribution in [-0.4, -0.2) is 22.8 Å². The first-order valence-electron chi connectivity index (χ1n) is 7.98. The van der Waals surface area contributed by atoms with Gasteiger partial charge in [-0.05, 0) is 29.8 Å². The van der Waals surface area contributed by atoms with Crippen molar-refractivity contribution in [2.24, 2.45) is 0 Å². The number of fused-ring (bicyclic) bond motifs is 3. The number of carbonyl (C=O) groups excluding carboxylic acids is 2. The fourth-order valence-electron chi connectivity index (χ4n) is 3.19. The van der Waals surface area contributed by atoms with Gasteiger partial charge >= 0.3 is 5.97 Å². The molecule has 2 N–H and O–H groups in total. The minimum atomic E-state index is -1.07. The minimum Gasteiger partial charge on any atom is -0.478 e. The number of carboxylic acids is 1. The smallest absolute Gasteiger partial charge is 0.335 e. The summed E-state index contributed by atoms with van der Waals surface area (Å²) >= 11 is 0. The molecule has 0 saturated carbocycles. The first-order valence-corrected chi connectivity index (χ1v) is 7.98. The Morgan fingerprint density at radius 3 is 2.27 bits per heavy atom. The molecule has 5 nitrogen and oxygen atoms in total. The molecule has 26 heavy (non-hydrogen) atoms. The van der Waals surface area contributed by atoms with Gasteiger partial charge in [-0.3, -0.25) is 9.59 Å². The van der Waals surface area contributed by atoms with Gasteiger partial charge in [0.2, 0.25) is 0 Å². The summed E-state index contributed by atoms with van der Waals surface area (Å²) in [5, 5.41) is 11.8. The molecule has 0 bridgehead atoms. The molecule has 4 rings (SSSR count). The van der Waals surface area contributed by atoms with Crippen LogP contribution in [0.3, 0.4) is 0 Å². The molecule has 126 valence electrons. The van der Waals surface area contributed by atoms with Crippen LogP contribution in [0.2, 0.25) is 0 Å². The molecule has 3 aromatic carbocycles. The van der Waals surface area contributed by atoms with E-state index in [1.165, 1.54) is 12.1 Å². The highest BCUT2D eigenvalue weighted by molar-refractivity contribution is 6.25. The molecule has 0 fully saturated rings. The monoisotopic (exact) mass is 343 g/mol. The molecule has 0 aromatic heterocycles. The van der Waals surface area contributed by atoms with Gasteiger partial charge in [0.05, 0.1) is 5.56 Å². The van der Waals surface area contributed by atoms with E-state index in [1.54, 1.807) is 42.5 Å². The van der Waals surface area contributed by atoms with Crippen LogP contribution < -0.4 is 5.32 Å². The van der Waals surface area contributed by atoms with Crippen molar-refractivity contribution in [3.05, 3.63) is 89.0 Å². The van der Waals surface area contributed by atoms with Gasteiger partial charge in [-0.1, -0.05) is 42.5 Å². The predicted molar refractivity (Wildman–Crippen MR) is 96.7 cm³/mol. The Morgan fingerprint density at radius 1 is 0.808 bits per heavy atom. The van der Waals surface area contributed by atoms with Crippen LogP contribution in [-0.2, 0) is 0 Å². The van der Waals surface area contributed by atoms with Crippen molar-refractivity contribution in [1.82, 2.24) is 0 Å². The molecule has 3 aromatic rings. The van der Waals surface area contributed by atoms with Crippen LogP contribution in [0.15, 0.2) is 66.7 Å². The maximum Gasteiger partial charge on any atom is 0.335 e. The van der Waals surface area contributed by atoms with Gasteiger partial charge in [-0.15, -0.1) is 0 Å². The van der Waals surface area contributed by atoms with Gasteiger partial charge in [-0.2, -0.15) is 0 Å². The van der Waals surface area contributed by atoms with E-state index in [1.807, 2.05) is 12.1 Å². The number of nitrogens with one attached hydrogen (secondary N) is 1. The number of rotatable bonds is 3. The van der Waals surface area contributed by atoms with Crippen molar-refractivity contribution in [3.63, 3.8) is 0 Å². The zero-order valence-electron chi connectivity index (χ0n) is 13.5. The number of hydrogen-bond acceptors (Lipinski definition) is 3. The lowest BCUT2D eigenvalue weighted by atomic mass is 9.99. The number of carboxylic acid groups (broad SMARTS) is 1. The normalized spacial score (nSPS) is 11.6. The van der Waals surface area contributed by atoms with Crippen LogP contribution in [0, 0.1) is 0 Å². The molecule has 1 aliphatic rings. The average Bonchev–Trinajstić information content (AvgIpc) is 2.95. The predicted octanol–water partition coefficient (Wildman–Crippen LogP) is 3.85. The second-order valence-corrected chi connectivity index (χ2v) is 5.94. The fraction of sp³-hybridized carbons (Fsp3) is 0. The average molecular weight is 343 g/mol. The Morgan fingerprint density at radius 2 is 1.50 bits per heavy atom. The van der Waals surface area contributed by atoms with Crippen molar-refractivity contribution < 1.29 is 19.5 Å². The summed E-state index contributed by atoms with van der Waals surface area (Å²) in [5.41, 5.74) is 3.26. The van der Waals surface area contributed by atoms with Gasteiger partial charge < -0.3 is 10.4 Å². The molecule has 0 atom stereocenters. The zero-order chi connectivity index (χ0) is 18.3. The molecule has 0 spiro atoms. The summed E-state index contributed by atoms with van der Waals surface area (Å²) in [6.07, 6.45) is 0.